The number of aromatic carboxylic acids is 1. The third-order valence-electron chi connectivity index (χ3n) is 4.27. The molecular weight excluding hydrogens is 334 g/mol. The number of hydrogen-bond donors (Lipinski definition) is 1. The maximum atomic E-state index is 11.2. The molecule has 1 aromatic carbocycles. The van der Waals surface area contributed by atoms with Crippen molar-refractivity contribution in [3.63, 3.8) is 0 Å². The molecule has 1 N–H and O–H groups in total. The zero-order valence-electron chi connectivity index (χ0n) is 11.1. The number of nitrogens with zero attached hydrogens (tertiary/aromatic N) is 3. The van der Waals surface area contributed by atoms with Gasteiger partial charge in [0.1, 0.15) is 0 Å². The van der Waals surface area contributed by atoms with E-state index < -0.39 is 5.97 Å². The molecule has 5 nitrogen and oxygen atoms in total. The number of benzene rings is 1. The highest BCUT2D eigenvalue weighted by molar-refractivity contribution is 9.10. The normalized spacial score (nSPS) is 17.9. The molecule has 1 aromatic heterocycles. The van der Waals surface area contributed by atoms with Gasteiger partial charge in [-0.05, 0) is 46.5 Å². The fourth-order valence-corrected chi connectivity index (χ4v) is 3.22. The van der Waals surface area contributed by atoms with Crippen LogP contribution in [-0.4, -0.2) is 27.6 Å². The van der Waals surface area contributed by atoms with Crippen LogP contribution in [-0.2, 0) is 5.41 Å². The third kappa shape index (κ3) is 1.93. The fraction of sp³-hybridized carbons (Fsp3) is 0.267. The first kappa shape index (κ1) is 12.8. The molecule has 0 unspecified atom stereocenters. The van der Waals surface area contributed by atoms with Gasteiger partial charge in [-0.3, -0.25) is 0 Å². The minimum Gasteiger partial charge on any atom is -0.478 e. The maximum Gasteiger partial charge on any atom is 0.335 e. The average molecular weight is 346 g/mol. The summed E-state index contributed by atoms with van der Waals surface area (Å²) in [6.45, 7) is 0.826. The van der Waals surface area contributed by atoms with E-state index in [0.29, 0.717) is 11.5 Å². The molecular formula is C15H12BrN3O2. The van der Waals surface area contributed by atoms with E-state index >= 15 is 0 Å². The van der Waals surface area contributed by atoms with Crippen molar-refractivity contribution in [2.24, 2.45) is 0 Å². The van der Waals surface area contributed by atoms with E-state index in [-0.39, 0.29) is 5.41 Å². The van der Waals surface area contributed by atoms with Crippen LogP contribution in [0.3, 0.4) is 0 Å². The van der Waals surface area contributed by atoms with Crippen LogP contribution in [0.15, 0.2) is 35.1 Å². The number of anilines is 2. The summed E-state index contributed by atoms with van der Waals surface area (Å²) in [4.78, 5) is 21.9. The topological polar surface area (TPSA) is 66.3 Å². The Morgan fingerprint density at radius 1 is 1.29 bits per heavy atom. The maximum absolute atomic E-state index is 11.2. The van der Waals surface area contributed by atoms with E-state index in [1.165, 1.54) is 5.56 Å². The average Bonchev–Trinajstić information content (AvgIpc) is 3.18. The van der Waals surface area contributed by atoms with Gasteiger partial charge < -0.3 is 10.0 Å². The molecule has 0 radical (unpaired) electrons. The van der Waals surface area contributed by atoms with Crippen LogP contribution < -0.4 is 4.90 Å². The molecule has 0 saturated heterocycles. The van der Waals surface area contributed by atoms with Crippen molar-refractivity contribution < 1.29 is 9.90 Å². The Morgan fingerprint density at radius 2 is 2.00 bits per heavy atom. The van der Waals surface area contributed by atoms with E-state index in [0.717, 1.165) is 29.5 Å². The number of carboxylic acid groups (broad SMARTS) is 1. The minimum atomic E-state index is -0.911. The van der Waals surface area contributed by atoms with Gasteiger partial charge in [0.15, 0.2) is 0 Å². The van der Waals surface area contributed by atoms with Crippen molar-refractivity contribution in [3.05, 3.63) is 46.2 Å². The van der Waals surface area contributed by atoms with Crippen molar-refractivity contribution >= 4 is 33.5 Å². The molecule has 0 bridgehead atoms. The number of carboxylic acids is 1. The second-order valence-electron chi connectivity index (χ2n) is 5.60. The molecule has 2 aliphatic rings. The van der Waals surface area contributed by atoms with Gasteiger partial charge in [0.2, 0.25) is 5.95 Å². The molecule has 106 valence electrons. The number of rotatable bonds is 2. The molecule has 1 aliphatic carbocycles. The Labute approximate surface area is 129 Å². The van der Waals surface area contributed by atoms with Gasteiger partial charge in [-0.1, -0.05) is 6.07 Å². The van der Waals surface area contributed by atoms with Crippen LogP contribution in [0.2, 0.25) is 0 Å². The van der Waals surface area contributed by atoms with E-state index in [1.54, 1.807) is 24.5 Å². The second-order valence-corrected chi connectivity index (χ2v) is 6.52. The molecule has 1 fully saturated rings. The van der Waals surface area contributed by atoms with Gasteiger partial charge in [-0.15, -0.1) is 0 Å². The number of fused-ring (bicyclic) bond motifs is 2. The number of aromatic nitrogens is 2. The summed E-state index contributed by atoms with van der Waals surface area (Å²) in [7, 11) is 0. The van der Waals surface area contributed by atoms with Gasteiger partial charge in [-0.25, -0.2) is 14.8 Å². The molecule has 2 aromatic rings. The molecule has 21 heavy (non-hydrogen) atoms. The molecule has 1 spiro atoms. The van der Waals surface area contributed by atoms with Crippen LogP contribution in [0.4, 0.5) is 11.6 Å². The molecule has 4 rings (SSSR count). The zero-order valence-corrected chi connectivity index (χ0v) is 12.7. The lowest BCUT2D eigenvalue weighted by Gasteiger charge is -2.17. The molecule has 2 heterocycles. The van der Waals surface area contributed by atoms with Gasteiger partial charge in [0, 0.05) is 30.0 Å². The standard InChI is InChI=1S/C15H12BrN3O2/c16-10-6-17-14(18-7-10)19-8-15(3-4-15)11-2-1-9(13(20)21)5-12(11)19/h1-2,5-7H,3-4,8H2,(H,20,21). The van der Waals surface area contributed by atoms with E-state index in [1.807, 2.05) is 11.0 Å². The third-order valence-corrected chi connectivity index (χ3v) is 4.68. The van der Waals surface area contributed by atoms with Crippen molar-refractivity contribution in [2.75, 3.05) is 11.4 Å². The smallest absolute Gasteiger partial charge is 0.335 e. The first-order chi connectivity index (χ1) is 10.1. The van der Waals surface area contributed by atoms with Gasteiger partial charge >= 0.3 is 5.97 Å². The lowest BCUT2D eigenvalue weighted by atomic mass is 9.97. The lowest BCUT2D eigenvalue weighted by molar-refractivity contribution is 0.0697. The Bertz CT molecular complexity index is 741. The predicted molar refractivity (Wildman–Crippen MR) is 81.1 cm³/mol. The Balaban J connectivity index is 1.83. The largest absolute Gasteiger partial charge is 0.478 e. The van der Waals surface area contributed by atoms with Gasteiger partial charge in [0.25, 0.3) is 0 Å². The fourth-order valence-electron chi connectivity index (χ4n) is 3.01. The monoisotopic (exact) mass is 345 g/mol. The summed E-state index contributed by atoms with van der Waals surface area (Å²) in [6.07, 6.45) is 5.70. The van der Waals surface area contributed by atoms with E-state index in [4.69, 9.17) is 0 Å². The van der Waals surface area contributed by atoms with Crippen LogP contribution in [0.5, 0.6) is 0 Å². The molecule has 1 saturated carbocycles. The number of hydrogen-bond acceptors (Lipinski definition) is 4. The molecule has 6 heteroatoms. The molecule has 0 atom stereocenters. The van der Waals surface area contributed by atoms with Crippen molar-refractivity contribution in [2.45, 2.75) is 18.3 Å². The predicted octanol–water partition coefficient (Wildman–Crippen LogP) is 3.12. The minimum absolute atomic E-state index is 0.169. The summed E-state index contributed by atoms with van der Waals surface area (Å²) < 4.78 is 0.825. The number of halogens is 1. The number of carbonyl (C=O) groups is 1. The summed E-state index contributed by atoms with van der Waals surface area (Å²) in [5.74, 6) is -0.294. The van der Waals surface area contributed by atoms with Crippen molar-refractivity contribution in [3.8, 4) is 0 Å². The highest BCUT2D eigenvalue weighted by Gasteiger charge is 2.52. The first-order valence-electron chi connectivity index (χ1n) is 6.72. The summed E-state index contributed by atoms with van der Waals surface area (Å²) in [5.41, 5.74) is 2.62. The lowest BCUT2D eigenvalue weighted by Crippen LogP contribution is -2.21. The SMILES string of the molecule is O=C(O)c1ccc2c(c1)N(c1ncc(Br)cn1)CC21CC1. The molecule has 1 aliphatic heterocycles. The van der Waals surface area contributed by atoms with Crippen LogP contribution in [0.25, 0.3) is 0 Å². The van der Waals surface area contributed by atoms with Crippen LogP contribution >= 0.6 is 15.9 Å². The summed E-state index contributed by atoms with van der Waals surface area (Å²) in [6, 6.07) is 5.37. The highest BCUT2D eigenvalue weighted by Crippen LogP contribution is 2.57. The van der Waals surface area contributed by atoms with Crippen LogP contribution in [0.1, 0.15) is 28.8 Å². The van der Waals surface area contributed by atoms with Crippen molar-refractivity contribution in [1.29, 1.82) is 0 Å². The summed E-state index contributed by atoms with van der Waals surface area (Å²) in [5, 5.41) is 9.20. The Morgan fingerprint density at radius 3 is 2.62 bits per heavy atom. The Kier molecular flexibility index (Phi) is 2.60. The van der Waals surface area contributed by atoms with E-state index in [9.17, 15) is 9.90 Å². The second kappa shape index (κ2) is 4.27. The van der Waals surface area contributed by atoms with Gasteiger partial charge in [-0.2, -0.15) is 0 Å². The highest BCUT2D eigenvalue weighted by atomic mass is 79.9. The quantitative estimate of drug-likeness (QED) is 0.905. The zero-order chi connectivity index (χ0) is 14.6. The first-order valence-corrected chi connectivity index (χ1v) is 7.51. The van der Waals surface area contributed by atoms with Crippen molar-refractivity contribution in [1.82, 2.24) is 9.97 Å². The van der Waals surface area contributed by atoms with E-state index in [2.05, 4.69) is 25.9 Å². The molecule has 0 amide bonds. The Hall–Kier alpha value is -1.95. The van der Waals surface area contributed by atoms with Gasteiger partial charge in [0.05, 0.1) is 10.0 Å². The summed E-state index contributed by atoms with van der Waals surface area (Å²) >= 11 is 3.33. The van der Waals surface area contributed by atoms with Crippen LogP contribution in [0, 0.1) is 0 Å².